The first kappa shape index (κ1) is 10.3. The molecule has 2 heterocycles. The fourth-order valence-corrected chi connectivity index (χ4v) is 1.81. The summed E-state index contributed by atoms with van der Waals surface area (Å²) < 4.78 is 10.6. The number of amides is 2. The molecule has 2 aliphatic heterocycles. The van der Waals surface area contributed by atoms with Crippen LogP contribution in [0.5, 0.6) is 0 Å². The summed E-state index contributed by atoms with van der Waals surface area (Å²) >= 11 is 0. The number of nitrogens with zero attached hydrogens (tertiary/aromatic N) is 1. The van der Waals surface area contributed by atoms with Gasteiger partial charge in [0.25, 0.3) is 11.8 Å². The van der Waals surface area contributed by atoms with Gasteiger partial charge in [-0.1, -0.05) is 0 Å². The van der Waals surface area contributed by atoms with Crippen molar-refractivity contribution >= 4 is 11.8 Å². The molecular weight excluding hydrogens is 198 g/mol. The third-order valence-electron chi connectivity index (χ3n) is 2.85. The summed E-state index contributed by atoms with van der Waals surface area (Å²) in [6.07, 6.45) is 3.27. The van der Waals surface area contributed by atoms with Crippen LogP contribution in [0.4, 0.5) is 0 Å². The molecule has 2 aliphatic rings. The summed E-state index contributed by atoms with van der Waals surface area (Å²) in [7, 11) is 1.58. The number of carbonyl (C=O) groups excluding carboxylic acids is 2. The SMILES string of the molecule is COC1(CN2C(=O)C=CC2=O)CCOC1. The molecule has 5 heteroatoms. The largest absolute Gasteiger partial charge is 0.378 e. The van der Waals surface area contributed by atoms with Crippen molar-refractivity contribution in [3.05, 3.63) is 12.2 Å². The summed E-state index contributed by atoms with van der Waals surface area (Å²) in [5, 5.41) is 0. The molecule has 0 N–H and O–H groups in total. The van der Waals surface area contributed by atoms with E-state index in [0.717, 1.165) is 0 Å². The Bertz CT molecular complexity index is 299. The molecule has 0 aromatic carbocycles. The predicted octanol–water partition coefficient (Wildman–Crippen LogP) is -0.283. The van der Waals surface area contributed by atoms with Crippen LogP contribution >= 0.6 is 0 Å². The van der Waals surface area contributed by atoms with Gasteiger partial charge in [-0.05, 0) is 0 Å². The molecule has 0 aromatic heterocycles. The van der Waals surface area contributed by atoms with Crippen LogP contribution in [-0.4, -0.2) is 49.2 Å². The van der Waals surface area contributed by atoms with Crippen LogP contribution in [0, 0.1) is 0 Å². The maximum atomic E-state index is 11.4. The van der Waals surface area contributed by atoms with E-state index in [-0.39, 0.29) is 18.4 Å². The first-order valence-electron chi connectivity index (χ1n) is 4.83. The van der Waals surface area contributed by atoms with Crippen LogP contribution < -0.4 is 0 Å². The van der Waals surface area contributed by atoms with Crippen LogP contribution in [0.15, 0.2) is 12.2 Å². The Morgan fingerprint density at radius 1 is 1.47 bits per heavy atom. The van der Waals surface area contributed by atoms with Crippen LogP contribution in [0.3, 0.4) is 0 Å². The normalized spacial score (nSPS) is 30.6. The molecule has 5 nitrogen and oxygen atoms in total. The first-order valence-corrected chi connectivity index (χ1v) is 4.83. The van der Waals surface area contributed by atoms with Crippen LogP contribution in [0.2, 0.25) is 0 Å². The van der Waals surface area contributed by atoms with E-state index in [1.54, 1.807) is 7.11 Å². The lowest BCUT2D eigenvalue weighted by Gasteiger charge is -2.29. The Morgan fingerprint density at radius 2 is 2.13 bits per heavy atom. The summed E-state index contributed by atoms with van der Waals surface area (Å²) in [6.45, 7) is 1.31. The van der Waals surface area contributed by atoms with Crippen molar-refractivity contribution in [1.29, 1.82) is 0 Å². The summed E-state index contributed by atoms with van der Waals surface area (Å²) in [5.41, 5.74) is -0.517. The predicted molar refractivity (Wildman–Crippen MR) is 51.0 cm³/mol. The van der Waals surface area contributed by atoms with Crippen LogP contribution in [0.1, 0.15) is 6.42 Å². The number of hydrogen-bond acceptors (Lipinski definition) is 4. The highest BCUT2D eigenvalue weighted by Gasteiger charge is 2.40. The van der Waals surface area contributed by atoms with E-state index in [4.69, 9.17) is 9.47 Å². The number of methoxy groups -OCH3 is 1. The number of carbonyl (C=O) groups is 2. The minimum atomic E-state index is -0.517. The second-order valence-electron chi connectivity index (χ2n) is 3.79. The Labute approximate surface area is 87.6 Å². The molecule has 0 aliphatic carbocycles. The molecule has 2 rings (SSSR count). The second-order valence-corrected chi connectivity index (χ2v) is 3.79. The minimum absolute atomic E-state index is 0.272. The number of hydrogen-bond donors (Lipinski definition) is 0. The Kier molecular flexibility index (Phi) is 2.58. The fourth-order valence-electron chi connectivity index (χ4n) is 1.81. The van der Waals surface area contributed by atoms with Gasteiger partial charge in [0.15, 0.2) is 0 Å². The molecule has 1 unspecified atom stereocenters. The van der Waals surface area contributed by atoms with Gasteiger partial charge in [0.05, 0.1) is 13.2 Å². The zero-order valence-corrected chi connectivity index (χ0v) is 8.56. The van der Waals surface area contributed by atoms with E-state index in [9.17, 15) is 9.59 Å². The lowest BCUT2D eigenvalue weighted by molar-refractivity contribution is -0.142. The average molecular weight is 211 g/mol. The highest BCUT2D eigenvalue weighted by molar-refractivity contribution is 6.12. The first-order chi connectivity index (χ1) is 7.17. The zero-order valence-electron chi connectivity index (χ0n) is 8.56. The molecule has 0 spiro atoms. The summed E-state index contributed by atoms with van der Waals surface area (Å²) in [6, 6.07) is 0. The van der Waals surface area contributed by atoms with E-state index in [0.29, 0.717) is 19.6 Å². The molecule has 15 heavy (non-hydrogen) atoms. The van der Waals surface area contributed by atoms with Crippen molar-refractivity contribution < 1.29 is 19.1 Å². The lowest BCUT2D eigenvalue weighted by Crippen LogP contribution is -2.47. The average Bonchev–Trinajstić information content (AvgIpc) is 2.81. The van der Waals surface area contributed by atoms with Gasteiger partial charge in [-0.2, -0.15) is 0 Å². The van der Waals surface area contributed by atoms with E-state index < -0.39 is 5.60 Å². The molecule has 0 radical (unpaired) electrons. The Hall–Kier alpha value is -1.20. The molecule has 2 amide bonds. The Balaban J connectivity index is 2.07. The van der Waals surface area contributed by atoms with Crippen molar-refractivity contribution in [1.82, 2.24) is 4.90 Å². The summed E-state index contributed by atoms with van der Waals surface area (Å²) in [5.74, 6) is -0.549. The molecule has 1 atom stereocenters. The third-order valence-corrected chi connectivity index (χ3v) is 2.85. The highest BCUT2D eigenvalue weighted by atomic mass is 16.5. The van der Waals surface area contributed by atoms with E-state index in [1.165, 1.54) is 17.1 Å². The van der Waals surface area contributed by atoms with Gasteiger partial charge < -0.3 is 9.47 Å². The van der Waals surface area contributed by atoms with Gasteiger partial charge >= 0.3 is 0 Å². The van der Waals surface area contributed by atoms with Gasteiger partial charge in [0.1, 0.15) is 5.60 Å². The van der Waals surface area contributed by atoms with E-state index in [2.05, 4.69) is 0 Å². The second kappa shape index (κ2) is 3.75. The maximum absolute atomic E-state index is 11.4. The fraction of sp³-hybridized carbons (Fsp3) is 0.600. The van der Waals surface area contributed by atoms with Gasteiger partial charge in [0.2, 0.25) is 0 Å². The van der Waals surface area contributed by atoms with Crippen molar-refractivity contribution in [2.75, 3.05) is 26.9 Å². The van der Waals surface area contributed by atoms with Crippen LogP contribution in [0.25, 0.3) is 0 Å². The third kappa shape index (κ3) is 1.80. The van der Waals surface area contributed by atoms with Crippen molar-refractivity contribution in [2.24, 2.45) is 0 Å². The quantitative estimate of drug-likeness (QED) is 0.602. The lowest BCUT2D eigenvalue weighted by atomic mass is 10.0. The highest BCUT2D eigenvalue weighted by Crippen LogP contribution is 2.24. The molecule has 0 aromatic rings. The van der Waals surface area contributed by atoms with Gasteiger partial charge in [0, 0.05) is 32.3 Å². The standard InChI is InChI=1S/C10H13NO4/c1-14-10(4-5-15-7-10)6-11-8(12)2-3-9(11)13/h2-3H,4-7H2,1H3. The number of rotatable bonds is 3. The molecule has 0 saturated carbocycles. The van der Waals surface area contributed by atoms with Gasteiger partial charge in [-0.3, -0.25) is 14.5 Å². The molecule has 0 bridgehead atoms. The van der Waals surface area contributed by atoms with Gasteiger partial charge in [-0.15, -0.1) is 0 Å². The smallest absolute Gasteiger partial charge is 0.253 e. The van der Waals surface area contributed by atoms with Crippen LogP contribution in [-0.2, 0) is 19.1 Å². The Morgan fingerprint density at radius 3 is 2.60 bits per heavy atom. The van der Waals surface area contributed by atoms with Crippen molar-refractivity contribution in [3.63, 3.8) is 0 Å². The maximum Gasteiger partial charge on any atom is 0.253 e. The monoisotopic (exact) mass is 211 g/mol. The molecular formula is C10H13NO4. The van der Waals surface area contributed by atoms with Gasteiger partial charge in [-0.25, -0.2) is 0 Å². The van der Waals surface area contributed by atoms with Crippen molar-refractivity contribution in [2.45, 2.75) is 12.0 Å². The zero-order chi connectivity index (χ0) is 10.9. The molecule has 1 fully saturated rings. The minimum Gasteiger partial charge on any atom is -0.378 e. The number of ether oxygens (including phenoxy) is 2. The van der Waals surface area contributed by atoms with E-state index >= 15 is 0 Å². The molecule has 82 valence electrons. The molecule has 1 saturated heterocycles. The number of imide groups is 1. The summed E-state index contributed by atoms with van der Waals surface area (Å²) in [4.78, 5) is 23.9. The topological polar surface area (TPSA) is 55.8 Å². The van der Waals surface area contributed by atoms with Crippen molar-refractivity contribution in [3.8, 4) is 0 Å². The van der Waals surface area contributed by atoms with E-state index in [1.807, 2.05) is 0 Å².